The normalized spacial score (nSPS) is 34.9. The Morgan fingerprint density at radius 1 is 1.14 bits per heavy atom. The molecule has 4 atom stereocenters. The molecule has 0 aromatic rings. The maximum absolute atomic E-state index is 12.7. The lowest BCUT2D eigenvalue weighted by Gasteiger charge is -2.50. The van der Waals surface area contributed by atoms with Crippen molar-refractivity contribution in [1.82, 2.24) is 25.6 Å². The molecule has 0 radical (unpaired) electrons. The predicted molar refractivity (Wildman–Crippen MR) is 108 cm³/mol. The van der Waals surface area contributed by atoms with Gasteiger partial charge in [-0.2, -0.15) is 0 Å². The summed E-state index contributed by atoms with van der Waals surface area (Å²) in [6.45, 7) is 7.47. The second-order valence-corrected chi connectivity index (χ2v) is 9.38. The van der Waals surface area contributed by atoms with Crippen LogP contribution >= 0.6 is 0 Å². The van der Waals surface area contributed by atoms with E-state index in [2.05, 4.69) is 27.6 Å². The average molecular weight is 392 g/mol. The largest absolute Gasteiger partial charge is 0.356 e. The number of nitrogens with zero attached hydrogens (tertiary/aromatic N) is 3. The van der Waals surface area contributed by atoms with E-state index in [-0.39, 0.29) is 29.8 Å². The van der Waals surface area contributed by atoms with Gasteiger partial charge < -0.3 is 15.1 Å². The fourth-order valence-corrected chi connectivity index (χ4v) is 5.62. The van der Waals surface area contributed by atoms with Crippen LogP contribution in [0.15, 0.2) is 0 Å². The third-order valence-electron chi connectivity index (χ3n) is 7.51. The molecule has 28 heavy (non-hydrogen) atoms. The van der Waals surface area contributed by atoms with Gasteiger partial charge in [-0.15, -0.1) is 0 Å². The van der Waals surface area contributed by atoms with Crippen molar-refractivity contribution in [3.63, 3.8) is 0 Å². The monoisotopic (exact) mass is 391 g/mol. The minimum atomic E-state index is -0.00518. The van der Waals surface area contributed by atoms with Crippen molar-refractivity contribution < 1.29 is 9.59 Å². The third-order valence-corrected chi connectivity index (χ3v) is 7.51. The van der Waals surface area contributed by atoms with E-state index in [0.29, 0.717) is 6.04 Å². The smallest absolute Gasteiger partial charge is 0.241 e. The zero-order valence-corrected chi connectivity index (χ0v) is 17.5. The molecule has 3 aliphatic heterocycles. The van der Waals surface area contributed by atoms with Crippen LogP contribution in [0.3, 0.4) is 0 Å². The molecule has 3 heterocycles. The highest BCUT2D eigenvalue weighted by Crippen LogP contribution is 2.36. The number of likely N-dealkylation sites (tertiary alicyclic amines) is 1. The van der Waals surface area contributed by atoms with E-state index in [4.69, 9.17) is 0 Å². The van der Waals surface area contributed by atoms with E-state index < -0.39 is 0 Å². The summed E-state index contributed by atoms with van der Waals surface area (Å²) in [7, 11) is 1.93. The minimum absolute atomic E-state index is 0.00518. The Bertz CT molecular complexity index is 577. The van der Waals surface area contributed by atoms with E-state index in [1.165, 1.54) is 25.9 Å². The van der Waals surface area contributed by atoms with Crippen LogP contribution in [-0.4, -0.2) is 84.5 Å². The first-order chi connectivity index (χ1) is 13.5. The maximum Gasteiger partial charge on any atom is 0.241 e. The zero-order valence-electron chi connectivity index (χ0n) is 17.5. The Hall–Kier alpha value is -1.18. The number of piperazine rings is 1. The Morgan fingerprint density at radius 3 is 2.71 bits per heavy atom. The van der Waals surface area contributed by atoms with Crippen molar-refractivity contribution in [2.75, 3.05) is 39.8 Å². The second-order valence-electron chi connectivity index (χ2n) is 9.38. The van der Waals surface area contributed by atoms with Gasteiger partial charge in [-0.3, -0.25) is 15.0 Å². The molecule has 4 unspecified atom stereocenters. The number of rotatable bonds is 5. The summed E-state index contributed by atoms with van der Waals surface area (Å²) in [6, 6.07) is 0.490. The summed E-state index contributed by atoms with van der Waals surface area (Å²) in [5.74, 6) is 1.29. The number of fused-ring (bicyclic) bond motifs is 3. The molecule has 0 bridgehead atoms. The zero-order chi connectivity index (χ0) is 19.7. The topological polar surface area (TPSA) is 67.9 Å². The SMILES string of the molecule is CC1CCN(CCCNC(=O)C2CCC3C(C2)N(C)C(=O)C2CCNN23)CC1. The fourth-order valence-electron chi connectivity index (χ4n) is 5.62. The molecular formula is C21H37N5O2. The highest BCUT2D eigenvalue weighted by molar-refractivity contribution is 5.84. The lowest BCUT2D eigenvalue weighted by molar-refractivity contribution is -0.153. The number of piperidine rings is 1. The second kappa shape index (κ2) is 8.67. The van der Waals surface area contributed by atoms with E-state index in [1.807, 2.05) is 11.9 Å². The van der Waals surface area contributed by atoms with Gasteiger partial charge in [-0.1, -0.05) is 6.92 Å². The summed E-state index contributed by atoms with van der Waals surface area (Å²) < 4.78 is 0. The van der Waals surface area contributed by atoms with E-state index in [1.54, 1.807) is 0 Å². The molecule has 4 aliphatic rings. The van der Waals surface area contributed by atoms with E-state index in [0.717, 1.165) is 57.7 Å². The first-order valence-electron chi connectivity index (χ1n) is 11.3. The molecule has 158 valence electrons. The van der Waals surface area contributed by atoms with Gasteiger partial charge in [0.05, 0.1) is 0 Å². The fraction of sp³-hybridized carbons (Fsp3) is 0.905. The standard InChI is InChI=1S/C21H37N5O2/c1-15-7-12-25(13-8-15)11-3-9-22-20(27)16-4-5-17-19(14-16)24(2)21(28)18-6-10-23-26(17)18/h15-19,23H,3-14H2,1-2H3,(H,22,27). The minimum Gasteiger partial charge on any atom is -0.356 e. The molecular weight excluding hydrogens is 354 g/mol. The summed E-state index contributed by atoms with van der Waals surface area (Å²) in [5.41, 5.74) is 3.41. The molecule has 0 spiro atoms. The van der Waals surface area contributed by atoms with Crippen molar-refractivity contribution >= 4 is 11.8 Å². The summed E-state index contributed by atoms with van der Waals surface area (Å²) >= 11 is 0. The summed E-state index contributed by atoms with van der Waals surface area (Å²) in [5, 5.41) is 5.37. The Balaban J connectivity index is 1.22. The van der Waals surface area contributed by atoms with Crippen LogP contribution < -0.4 is 10.7 Å². The van der Waals surface area contributed by atoms with Gasteiger partial charge in [-0.05, 0) is 70.5 Å². The van der Waals surface area contributed by atoms with Crippen LogP contribution in [-0.2, 0) is 9.59 Å². The van der Waals surface area contributed by atoms with Crippen molar-refractivity contribution in [3.8, 4) is 0 Å². The van der Waals surface area contributed by atoms with E-state index in [9.17, 15) is 9.59 Å². The lowest BCUT2D eigenvalue weighted by Crippen LogP contribution is -2.67. The van der Waals surface area contributed by atoms with Crippen molar-refractivity contribution in [1.29, 1.82) is 0 Å². The molecule has 4 rings (SSSR count). The number of nitrogens with one attached hydrogen (secondary N) is 2. The maximum atomic E-state index is 12.7. The Morgan fingerprint density at radius 2 is 1.93 bits per heavy atom. The third kappa shape index (κ3) is 4.07. The first-order valence-corrected chi connectivity index (χ1v) is 11.3. The van der Waals surface area contributed by atoms with Crippen molar-refractivity contribution in [3.05, 3.63) is 0 Å². The highest BCUT2D eigenvalue weighted by atomic mass is 16.2. The van der Waals surface area contributed by atoms with Gasteiger partial charge in [0, 0.05) is 38.1 Å². The summed E-state index contributed by atoms with van der Waals surface area (Å²) in [4.78, 5) is 29.8. The molecule has 2 N–H and O–H groups in total. The quantitative estimate of drug-likeness (QED) is 0.679. The van der Waals surface area contributed by atoms with Gasteiger partial charge in [0.25, 0.3) is 0 Å². The molecule has 0 aromatic carbocycles. The van der Waals surface area contributed by atoms with Crippen LogP contribution in [0.5, 0.6) is 0 Å². The van der Waals surface area contributed by atoms with Gasteiger partial charge in [0.2, 0.25) is 11.8 Å². The highest BCUT2D eigenvalue weighted by Gasteiger charge is 2.50. The van der Waals surface area contributed by atoms with Gasteiger partial charge >= 0.3 is 0 Å². The van der Waals surface area contributed by atoms with Gasteiger partial charge in [0.15, 0.2) is 0 Å². The summed E-state index contributed by atoms with van der Waals surface area (Å²) in [6.07, 6.45) is 7.21. The molecule has 2 amide bonds. The average Bonchev–Trinajstić information content (AvgIpc) is 3.20. The van der Waals surface area contributed by atoms with Gasteiger partial charge in [0.1, 0.15) is 6.04 Å². The first kappa shape index (κ1) is 20.1. The Labute approximate surface area is 169 Å². The van der Waals surface area contributed by atoms with Gasteiger partial charge in [-0.25, -0.2) is 5.01 Å². The molecule has 1 aliphatic carbocycles. The molecule has 3 saturated heterocycles. The number of hydrazine groups is 1. The lowest BCUT2D eigenvalue weighted by atomic mass is 9.79. The van der Waals surface area contributed by atoms with Crippen LogP contribution in [0.2, 0.25) is 0 Å². The molecule has 0 aromatic heterocycles. The van der Waals surface area contributed by atoms with Crippen molar-refractivity contribution in [2.24, 2.45) is 11.8 Å². The number of likely N-dealkylation sites (N-methyl/N-ethyl adjacent to an activating group) is 1. The van der Waals surface area contributed by atoms with Crippen LogP contribution in [0, 0.1) is 11.8 Å². The van der Waals surface area contributed by atoms with Crippen LogP contribution in [0.1, 0.15) is 51.9 Å². The number of amides is 2. The Kier molecular flexibility index (Phi) is 6.23. The number of hydrogen-bond acceptors (Lipinski definition) is 5. The number of hydrogen-bond donors (Lipinski definition) is 2. The molecule has 4 fully saturated rings. The number of carbonyl (C=O) groups is 2. The van der Waals surface area contributed by atoms with E-state index >= 15 is 0 Å². The molecule has 7 nitrogen and oxygen atoms in total. The predicted octanol–water partition coefficient (Wildman–Crippen LogP) is 0.813. The number of carbonyl (C=O) groups excluding carboxylic acids is 2. The molecule has 1 saturated carbocycles. The van der Waals surface area contributed by atoms with Crippen LogP contribution in [0.4, 0.5) is 0 Å². The molecule has 7 heteroatoms. The van der Waals surface area contributed by atoms with Crippen molar-refractivity contribution in [2.45, 2.75) is 70.0 Å². The van der Waals surface area contributed by atoms with Crippen LogP contribution in [0.25, 0.3) is 0 Å².